The van der Waals surface area contributed by atoms with Crippen LogP contribution < -0.4 is 0 Å². The molecule has 0 unspecified atom stereocenters. The number of likely N-dealkylation sites (N-methyl/N-ethyl adjacent to an activating group) is 1. The molecule has 0 bridgehead atoms. The number of hydrogen-bond acceptors (Lipinski definition) is 3. The summed E-state index contributed by atoms with van der Waals surface area (Å²) in [5.74, 6) is -0.214. The van der Waals surface area contributed by atoms with Gasteiger partial charge >= 0.3 is 6.03 Å². The normalized spacial score (nSPS) is 16.1. The minimum Gasteiger partial charge on any atom is -0.318 e. The third-order valence-electron chi connectivity index (χ3n) is 2.33. The van der Waals surface area contributed by atoms with E-state index >= 15 is 0 Å². The molecule has 1 saturated heterocycles. The zero-order chi connectivity index (χ0) is 11.7. The maximum absolute atomic E-state index is 11.6. The zero-order valence-corrected chi connectivity index (χ0v) is 9.44. The van der Waals surface area contributed by atoms with Gasteiger partial charge in [-0.25, -0.2) is 4.79 Å². The van der Waals surface area contributed by atoms with Crippen molar-refractivity contribution in [3.63, 3.8) is 0 Å². The van der Waals surface area contributed by atoms with Crippen LogP contribution in [0.25, 0.3) is 0 Å². The van der Waals surface area contributed by atoms with Crippen molar-refractivity contribution in [2.75, 3.05) is 13.6 Å². The van der Waals surface area contributed by atoms with E-state index in [4.69, 9.17) is 11.6 Å². The van der Waals surface area contributed by atoms with Gasteiger partial charge in [0.1, 0.15) is 6.54 Å². The van der Waals surface area contributed by atoms with Crippen molar-refractivity contribution in [3.8, 4) is 0 Å². The molecule has 0 spiro atoms. The number of halogens is 1. The Morgan fingerprint density at radius 1 is 1.50 bits per heavy atom. The third kappa shape index (κ3) is 1.99. The molecule has 0 saturated carbocycles. The lowest BCUT2D eigenvalue weighted by Crippen LogP contribution is -2.31. The van der Waals surface area contributed by atoms with E-state index in [1.54, 1.807) is 25.4 Å². The molecule has 1 aliphatic heterocycles. The number of rotatable bonds is 2. The number of aromatic nitrogens is 1. The average molecular weight is 240 g/mol. The van der Waals surface area contributed by atoms with Gasteiger partial charge in [-0.1, -0.05) is 11.6 Å². The topological polar surface area (TPSA) is 53.5 Å². The fourth-order valence-electron chi connectivity index (χ4n) is 1.52. The van der Waals surface area contributed by atoms with Crippen molar-refractivity contribution >= 4 is 23.5 Å². The molecule has 0 aliphatic carbocycles. The quantitative estimate of drug-likeness (QED) is 0.727. The number of carbonyl (C=O) groups is 2. The number of nitrogens with zero attached hydrogens (tertiary/aromatic N) is 3. The van der Waals surface area contributed by atoms with E-state index in [1.807, 2.05) is 0 Å². The molecule has 0 N–H and O–H groups in total. The maximum Gasteiger partial charge on any atom is 0.327 e. The van der Waals surface area contributed by atoms with Crippen LogP contribution in [0.15, 0.2) is 18.3 Å². The van der Waals surface area contributed by atoms with Crippen LogP contribution in [0.3, 0.4) is 0 Å². The Morgan fingerprint density at radius 2 is 2.25 bits per heavy atom. The zero-order valence-electron chi connectivity index (χ0n) is 8.68. The first-order valence-corrected chi connectivity index (χ1v) is 5.11. The molecule has 0 radical (unpaired) electrons. The van der Waals surface area contributed by atoms with E-state index in [0.29, 0.717) is 10.7 Å². The standard InChI is InChI=1S/C10H10ClN3O2/c1-13-6-9(15)14(10(13)16)5-8-4-7(11)2-3-12-8/h2-4H,5-6H2,1H3. The molecule has 6 heteroatoms. The molecule has 1 aliphatic rings. The van der Waals surface area contributed by atoms with Crippen molar-refractivity contribution < 1.29 is 9.59 Å². The molecule has 2 rings (SSSR count). The Labute approximate surface area is 97.6 Å². The fourth-order valence-corrected chi connectivity index (χ4v) is 1.70. The number of amides is 3. The fraction of sp³-hybridized carbons (Fsp3) is 0.300. The van der Waals surface area contributed by atoms with Gasteiger partial charge < -0.3 is 4.90 Å². The molecule has 84 valence electrons. The smallest absolute Gasteiger partial charge is 0.318 e. The number of hydrogen-bond donors (Lipinski definition) is 0. The summed E-state index contributed by atoms with van der Waals surface area (Å²) >= 11 is 5.79. The average Bonchev–Trinajstić information content (AvgIpc) is 2.45. The monoisotopic (exact) mass is 239 g/mol. The summed E-state index contributed by atoms with van der Waals surface area (Å²) in [5.41, 5.74) is 0.601. The SMILES string of the molecule is CN1CC(=O)N(Cc2cc(Cl)ccn2)C1=O. The largest absolute Gasteiger partial charge is 0.327 e. The van der Waals surface area contributed by atoms with Crippen molar-refractivity contribution in [3.05, 3.63) is 29.0 Å². The minimum absolute atomic E-state index is 0.124. The lowest BCUT2D eigenvalue weighted by molar-refractivity contribution is -0.125. The van der Waals surface area contributed by atoms with E-state index in [0.717, 1.165) is 0 Å². The lowest BCUT2D eigenvalue weighted by Gasteiger charge is -2.13. The van der Waals surface area contributed by atoms with E-state index in [-0.39, 0.29) is 25.0 Å². The van der Waals surface area contributed by atoms with Gasteiger partial charge in [0, 0.05) is 18.3 Å². The van der Waals surface area contributed by atoms with Gasteiger partial charge in [0.25, 0.3) is 5.91 Å². The van der Waals surface area contributed by atoms with Crippen LogP contribution in [-0.2, 0) is 11.3 Å². The molecule has 0 aromatic carbocycles. The first-order valence-electron chi connectivity index (χ1n) is 4.74. The van der Waals surface area contributed by atoms with Crippen molar-refractivity contribution in [2.45, 2.75) is 6.54 Å². The van der Waals surface area contributed by atoms with Gasteiger partial charge in [-0.05, 0) is 12.1 Å². The summed E-state index contributed by atoms with van der Waals surface area (Å²) in [7, 11) is 1.59. The van der Waals surface area contributed by atoms with E-state index in [9.17, 15) is 9.59 Å². The predicted octanol–water partition coefficient (Wildman–Crippen LogP) is 1.13. The van der Waals surface area contributed by atoms with E-state index < -0.39 is 0 Å². The number of carbonyl (C=O) groups excluding carboxylic acids is 2. The highest BCUT2D eigenvalue weighted by atomic mass is 35.5. The second-order valence-corrected chi connectivity index (χ2v) is 4.02. The third-order valence-corrected chi connectivity index (χ3v) is 2.56. The molecule has 1 fully saturated rings. The van der Waals surface area contributed by atoms with Crippen LogP contribution in [-0.4, -0.2) is 40.3 Å². The van der Waals surface area contributed by atoms with Crippen LogP contribution in [0.5, 0.6) is 0 Å². The molecule has 0 atom stereocenters. The van der Waals surface area contributed by atoms with Crippen molar-refractivity contribution in [1.29, 1.82) is 0 Å². The van der Waals surface area contributed by atoms with Crippen LogP contribution in [0.1, 0.15) is 5.69 Å². The van der Waals surface area contributed by atoms with Gasteiger partial charge in [0.15, 0.2) is 0 Å². The van der Waals surface area contributed by atoms with Crippen LogP contribution in [0, 0.1) is 0 Å². The summed E-state index contributed by atoms with van der Waals surface area (Å²) < 4.78 is 0. The Kier molecular flexibility index (Phi) is 2.78. The molecule has 1 aromatic rings. The Bertz CT molecular complexity index is 449. The van der Waals surface area contributed by atoms with Crippen molar-refractivity contribution in [1.82, 2.24) is 14.8 Å². The van der Waals surface area contributed by atoms with Gasteiger partial charge in [0.2, 0.25) is 0 Å². The Morgan fingerprint density at radius 3 is 2.81 bits per heavy atom. The van der Waals surface area contributed by atoms with Gasteiger partial charge in [-0.3, -0.25) is 14.7 Å². The molecule has 16 heavy (non-hydrogen) atoms. The second kappa shape index (κ2) is 4.09. The first kappa shape index (κ1) is 10.9. The molecular weight excluding hydrogens is 230 g/mol. The van der Waals surface area contributed by atoms with Crippen LogP contribution >= 0.6 is 11.6 Å². The maximum atomic E-state index is 11.6. The molecule has 2 heterocycles. The molecular formula is C10H10ClN3O2. The summed E-state index contributed by atoms with van der Waals surface area (Å²) in [5, 5.41) is 0.539. The molecule has 1 aromatic heterocycles. The summed E-state index contributed by atoms with van der Waals surface area (Å²) in [6, 6.07) is 2.98. The van der Waals surface area contributed by atoms with Gasteiger partial charge in [-0.15, -0.1) is 0 Å². The first-order chi connectivity index (χ1) is 7.58. The second-order valence-electron chi connectivity index (χ2n) is 3.58. The lowest BCUT2D eigenvalue weighted by atomic mass is 10.3. The Balaban J connectivity index is 2.16. The van der Waals surface area contributed by atoms with E-state index in [2.05, 4.69) is 4.98 Å². The number of pyridine rings is 1. The van der Waals surface area contributed by atoms with Crippen LogP contribution in [0.4, 0.5) is 4.79 Å². The highest BCUT2D eigenvalue weighted by molar-refractivity contribution is 6.30. The summed E-state index contributed by atoms with van der Waals surface area (Å²) in [4.78, 5) is 29.6. The Hall–Kier alpha value is -1.62. The van der Waals surface area contributed by atoms with Crippen molar-refractivity contribution in [2.24, 2.45) is 0 Å². The molecule has 3 amide bonds. The predicted molar refractivity (Wildman–Crippen MR) is 57.8 cm³/mol. The number of imide groups is 1. The summed E-state index contributed by atoms with van der Waals surface area (Å²) in [6.45, 7) is 0.294. The highest BCUT2D eigenvalue weighted by Crippen LogP contribution is 2.14. The van der Waals surface area contributed by atoms with Crippen LogP contribution in [0.2, 0.25) is 5.02 Å². The minimum atomic E-state index is -0.299. The van der Waals surface area contributed by atoms with E-state index in [1.165, 1.54) is 9.80 Å². The highest BCUT2D eigenvalue weighted by Gasteiger charge is 2.33. The molecule has 5 nitrogen and oxygen atoms in total. The van der Waals surface area contributed by atoms with Gasteiger partial charge in [-0.2, -0.15) is 0 Å². The number of urea groups is 1. The summed E-state index contributed by atoms with van der Waals surface area (Å²) in [6.07, 6.45) is 1.55. The van der Waals surface area contributed by atoms with Gasteiger partial charge in [0.05, 0.1) is 12.2 Å².